The van der Waals surface area contributed by atoms with Crippen molar-refractivity contribution in [3.63, 3.8) is 0 Å². The van der Waals surface area contributed by atoms with Gasteiger partial charge in [0, 0.05) is 0 Å². The monoisotopic (exact) mass is 489 g/mol. The Morgan fingerprint density at radius 3 is 1.79 bits per heavy atom. The van der Waals surface area contributed by atoms with Gasteiger partial charge in [0.05, 0.1) is 24.5 Å². The molecule has 0 saturated carbocycles. The first-order chi connectivity index (χ1) is 16.3. The van der Waals surface area contributed by atoms with Gasteiger partial charge in [-0.1, -0.05) is 74.0 Å². The van der Waals surface area contributed by atoms with E-state index in [1.807, 2.05) is 43.3 Å². The van der Waals surface area contributed by atoms with Crippen molar-refractivity contribution in [2.45, 2.75) is 52.1 Å². The van der Waals surface area contributed by atoms with E-state index in [1.54, 1.807) is 38.1 Å². The van der Waals surface area contributed by atoms with Gasteiger partial charge in [0.15, 0.2) is 5.78 Å². The number of benzene rings is 2. The summed E-state index contributed by atoms with van der Waals surface area (Å²) in [6.45, 7) is 7.09. The minimum Gasteiger partial charge on any atom is -0.386 e. The Balaban J connectivity index is 2.66. The molecule has 0 radical (unpaired) electrons. The minimum absolute atomic E-state index is 0.171. The van der Waals surface area contributed by atoms with Gasteiger partial charge in [0.2, 0.25) is 5.91 Å². The van der Waals surface area contributed by atoms with E-state index < -0.39 is 36.7 Å². The average molecular weight is 490 g/mol. The van der Waals surface area contributed by atoms with E-state index in [-0.39, 0.29) is 19.5 Å². The molecule has 7 nitrogen and oxygen atoms in total. The van der Waals surface area contributed by atoms with E-state index in [0.717, 1.165) is 0 Å². The third-order valence-corrected chi connectivity index (χ3v) is 7.59. The average Bonchev–Trinajstić information content (AvgIpc) is 2.84. The Bertz CT molecular complexity index is 914. The first kappa shape index (κ1) is 27.9. The lowest BCUT2D eigenvalue weighted by atomic mass is 9.60. The molecule has 0 fully saturated rings. The highest BCUT2D eigenvalue weighted by Gasteiger charge is 2.52. The maximum Gasteiger partial charge on any atom is 0.349 e. The quantitative estimate of drug-likeness (QED) is 0.374. The fourth-order valence-electron chi connectivity index (χ4n) is 4.41. The fraction of sp³-hybridized carbons (Fsp3) is 0.462. The highest BCUT2D eigenvalue weighted by Crippen LogP contribution is 2.48. The lowest BCUT2D eigenvalue weighted by molar-refractivity contribution is -0.138. The summed E-state index contributed by atoms with van der Waals surface area (Å²) in [4.78, 5) is 27.6. The minimum atomic E-state index is -3.54. The largest absolute Gasteiger partial charge is 0.386 e. The fourth-order valence-corrected chi connectivity index (χ4v) is 5.80. The van der Waals surface area contributed by atoms with Crippen molar-refractivity contribution in [2.24, 2.45) is 5.92 Å². The van der Waals surface area contributed by atoms with E-state index in [4.69, 9.17) is 9.05 Å². The van der Waals surface area contributed by atoms with Crippen LogP contribution >= 0.6 is 7.60 Å². The van der Waals surface area contributed by atoms with Gasteiger partial charge < -0.3 is 19.5 Å². The maximum atomic E-state index is 13.9. The molecule has 186 valence electrons. The molecular weight excluding hydrogens is 453 g/mol. The predicted molar refractivity (Wildman–Crippen MR) is 133 cm³/mol. The second-order valence-electron chi connectivity index (χ2n) is 8.07. The summed E-state index contributed by atoms with van der Waals surface area (Å²) >= 11 is 0. The van der Waals surface area contributed by atoms with Crippen LogP contribution in [0.15, 0.2) is 60.7 Å². The molecule has 0 spiro atoms. The first-order valence-corrected chi connectivity index (χ1v) is 13.5. The summed E-state index contributed by atoms with van der Waals surface area (Å²) in [5, 5.41) is 13.2. The van der Waals surface area contributed by atoms with E-state index in [9.17, 15) is 19.3 Å². The lowest BCUT2D eigenvalue weighted by Crippen LogP contribution is -2.53. The van der Waals surface area contributed by atoms with Gasteiger partial charge in [-0.05, 0) is 38.3 Å². The Labute approximate surface area is 202 Å². The Kier molecular flexibility index (Phi) is 10.6. The predicted octanol–water partition coefficient (Wildman–Crippen LogP) is 4.68. The van der Waals surface area contributed by atoms with Gasteiger partial charge in [-0.2, -0.15) is 0 Å². The molecule has 2 rings (SSSR count). The molecule has 34 heavy (non-hydrogen) atoms. The van der Waals surface area contributed by atoms with Crippen molar-refractivity contribution in [1.29, 1.82) is 0 Å². The molecule has 0 aliphatic carbocycles. The van der Waals surface area contributed by atoms with Gasteiger partial charge in [-0.25, -0.2) is 0 Å². The van der Waals surface area contributed by atoms with Crippen LogP contribution in [-0.4, -0.2) is 42.4 Å². The van der Waals surface area contributed by atoms with Crippen molar-refractivity contribution < 1.29 is 28.3 Å². The topological polar surface area (TPSA) is 102 Å². The third kappa shape index (κ3) is 6.22. The van der Waals surface area contributed by atoms with Crippen LogP contribution in [0.3, 0.4) is 0 Å². The van der Waals surface area contributed by atoms with Crippen LogP contribution in [0.25, 0.3) is 0 Å². The molecule has 0 heterocycles. The van der Waals surface area contributed by atoms with Crippen molar-refractivity contribution in [3.8, 4) is 0 Å². The van der Waals surface area contributed by atoms with E-state index in [0.29, 0.717) is 24.0 Å². The van der Waals surface area contributed by atoms with Crippen LogP contribution in [0.1, 0.15) is 51.7 Å². The Hall–Kier alpha value is -2.31. The zero-order chi connectivity index (χ0) is 25.2. The zero-order valence-corrected chi connectivity index (χ0v) is 21.3. The molecule has 2 atom stereocenters. The number of aliphatic hydroxyl groups excluding tert-OH is 1. The highest BCUT2D eigenvalue weighted by atomic mass is 31.2. The van der Waals surface area contributed by atoms with Crippen molar-refractivity contribution in [3.05, 3.63) is 71.8 Å². The Morgan fingerprint density at radius 2 is 1.41 bits per heavy atom. The second-order valence-corrected chi connectivity index (χ2v) is 10.1. The summed E-state index contributed by atoms with van der Waals surface area (Å²) in [5.74, 6) is -1.81. The van der Waals surface area contributed by atoms with Gasteiger partial charge in [-0.15, -0.1) is 0 Å². The number of Topliss-reactive ketones (excluding diaryl/α,β-unsaturated/α-hetero) is 1. The molecule has 1 amide bonds. The second kappa shape index (κ2) is 13.0. The summed E-state index contributed by atoms with van der Waals surface area (Å²) in [6, 6.07) is 18.1. The van der Waals surface area contributed by atoms with Crippen LogP contribution in [0.5, 0.6) is 0 Å². The third-order valence-electron chi connectivity index (χ3n) is 5.74. The number of carbonyl (C=O) groups excluding carboxylic acids is 2. The van der Waals surface area contributed by atoms with Crippen LogP contribution in [0, 0.1) is 5.92 Å². The highest BCUT2D eigenvalue weighted by molar-refractivity contribution is 7.53. The number of hydrogen-bond acceptors (Lipinski definition) is 6. The molecule has 0 aliphatic heterocycles. The molecule has 0 aliphatic rings. The van der Waals surface area contributed by atoms with Crippen LogP contribution < -0.4 is 5.32 Å². The van der Waals surface area contributed by atoms with Crippen LogP contribution in [-0.2, 0) is 28.6 Å². The molecule has 0 aromatic heterocycles. The summed E-state index contributed by atoms with van der Waals surface area (Å²) in [6.07, 6.45) is -0.649. The first-order valence-electron chi connectivity index (χ1n) is 11.8. The smallest absolute Gasteiger partial charge is 0.349 e. The number of nitrogens with one attached hydrogen (secondary N) is 1. The molecule has 2 N–H and O–H groups in total. The van der Waals surface area contributed by atoms with Crippen LogP contribution in [0.2, 0.25) is 0 Å². The maximum absolute atomic E-state index is 13.9. The van der Waals surface area contributed by atoms with Gasteiger partial charge in [0.25, 0.3) is 0 Å². The van der Waals surface area contributed by atoms with Gasteiger partial charge >= 0.3 is 7.60 Å². The number of rotatable bonds is 14. The van der Waals surface area contributed by atoms with Gasteiger partial charge in [0.1, 0.15) is 12.4 Å². The molecule has 2 aromatic rings. The lowest BCUT2D eigenvalue weighted by Gasteiger charge is -2.41. The van der Waals surface area contributed by atoms with Crippen LogP contribution in [0.4, 0.5) is 0 Å². The number of ketones is 1. The molecule has 2 unspecified atom stereocenters. The normalized spacial score (nSPS) is 13.8. The number of carbonyl (C=O) groups is 2. The Morgan fingerprint density at radius 1 is 0.941 bits per heavy atom. The molecular formula is C26H36NO6P. The molecule has 8 heteroatoms. The number of amides is 1. The summed E-state index contributed by atoms with van der Waals surface area (Å²) < 4.78 is 23.6. The SMILES string of the molecule is CCCC(C(=O)NCP(=O)(OCC)OCC)C(C(=O)C(C)O)(c1ccccc1)c1ccccc1. The molecule has 0 saturated heterocycles. The van der Waals surface area contributed by atoms with E-state index in [2.05, 4.69) is 5.32 Å². The van der Waals surface area contributed by atoms with Crippen molar-refractivity contribution in [1.82, 2.24) is 5.32 Å². The number of hydrogen-bond donors (Lipinski definition) is 2. The summed E-state index contributed by atoms with van der Waals surface area (Å²) in [7, 11) is -3.54. The summed E-state index contributed by atoms with van der Waals surface area (Å²) in [5.41, 5.74) is -0.227. The standard InChI is InChI=1S/C26H36NO6P/c1-5-14-23(25(30)27-19-34(31,32-6-2)33-7-3)26(24(29)20(4)28,21-15-10-8-11-16-21)22-17-12-9-13-18-22/h8-13,15-18,20,23,28H,5-7,14,19H2,1-4H3,(H,27,30). The van der Waals surface area contributed by atoms with Crippen molar-refractivity contribution in [2.75, 3.05) is 19.5 Å². The molecule has 0 bridgehead atoms. The number of aliphatic hydroxyl groups is 1. The van der Waals surface area contributed by atoms with Gasteiger partial charge in [-0.3, -0.25) is 14.2 Å². The molecule has 2 aromatic carbocycles. The zero-order valence-electron chi connectivity index (χ0n) is 20.4. The van der Waals surface area contributed by atoms with E-state index in [1.165, 1.54) is 6.92 Å². The van der Waals surface area contributed by atoms with E-state index >= 15 is 0 Å². The van der Waals surface area contributed by atoms with Crippen molar-refractivity contribution >= 4 is 19.3 Å².